The number of nitrogens with zero attached hydrogens (tertiary/aromatic N) is 1. The maximum atomic E-state index is 11.9. The summed E-state index contributed by atoms with van der Waals surface area (Å²) in [4.78, 5) is 14.0. The lowest BCUT2D eigenvalue weighted by molar-refractivity contribution is -0.150. The van der Waals surface area contributed by atoms with Gasteiger partial charge in [-0.3, -0.25) is 9.69 Å². The van der Waals surface area contributed by atoms with Gasteiger partial charge in [0.25, 0.3) is 0 Å². The molecule has 110 valence electrons. The van der Waals surface area contributed by atoms with E-state index in [1.54, 1.807) is 0 Å². The summed E-state index contributed by atoms with van der Waals surface area (Å²) < 4.78 is 4.87. The molecule has 1 aromatic rings. The van der Waals surface area contributed by atoms with Gasteiger partial charge in [-0.25, -0.2) is 0 Å². The Hall–Kier alpha value is -1.39. The minimum absolute atomic E-state index is 0.256. The minimum atomic E-state index is -0.408. The number of piperidine rings is 1. The van der Waals surface area contributed by atoms with Crippen molar-refractivity contribution in [2.45, 2.75) is 45.4 Å². The van der Waals surface area contributed by atoms with Gasteiger partial charge in [0.1, 0.15) is 6.04 Å². The van der Waals surface area contributed by atoms with Crippen LogP contribution in [0.4, 0.5) is 0 Å². The van der Waals surface area contributed by atoms with Crippen LogP contribution < -0.4 is 0 Å². The lowest BCUT2D eigenvalue weighted by Gasteiger charge is -2.36. The topological polar surface area (TPSA) is 49.8 Å². The number of likely N-dealkylation sites (tertiary alicyclic amines) is 1. The number of hydrogen-bond acceptors (Lipinski definition) is 4. The van der Waals surface area contributed by atoms with Crippen LogP contribution in [0.1, 0.15) is 29.5 Å². The Balaban J connectivity index is 2.17. The molecule has 0 amide bonds. The predicted octanol–water partition coefficient (Wildman–Crippen LogP) is 1.80. The highest BCUT2D eigenvalue weighted by Gasteiger charge is 2.33. The molecule has 1 aromatic carbocycles. The Labute approximate surface area is 120 Å². The second kappa shape index (κ2) is 6.37. The number of methoxy groups -OCH3 is 1. The van der Waals surface area contributed by atoms with Crippen LogP contribution in [0.5, 0.6) is 0 Å². The summed E-state index contributed by atoms with van der Waals surface area (Å²) in [5, 5.41) is 9.77. The molecular weight excluding hydrogens is 254 g/mol. The van der Waals surface area contributed by atoms with E-state index in [4.69, 9.17) is 4.74 Å². The fourth-order valence-corrected chi connectivity index (χ4v) is 2.76. The highest BCUT2D eigenvalue weighted by Crippen LogP contribution is 2.22. The molecule has 4 nitrogen and oxygen atoms in total. The van der Waals surface area contributed by atoms with Gasteiger partial charge in [-0.2, -0.15) is 0 Å². The zero-order valence-corrected chi connectivity index (χ0v) is 12.4. The van der Waals surface area contributed by atoms with E-state index in [0.29, 0.717) is 19.4 Å². The molecule has 1 heterocycles. The van der Waals surface area contributed by atoms with Crippen LogP contribution >= 0.6 is 0 Å². The van der Waals surface area contributed by atoms with Crippen LogP contribution in [-0.2, 0) is 16.1 Å². The number of hydrogen-bond donors (Lipinski definition) is 1. The zero-order valence-electron chi connectivity index (χ0n) is 12.4. The number of carbonyl (C=O) groups excluding carboxylic acids is 1. The van der Waals surface area contributed by atoms with Crippen molar-refractivity contribution in [1.82, 2.24) is 4.90 Å². The van der Waals surface area contributed by atoms with Crippen molar-refractivity contribution in [2.24, 2.45) is 0 Å². The summed E-state index contributed by atoms with van der Waals surface area (Å²) in [6.07, 6.45) is 0.754. The van der Waals surface area contributed by atoms with Crippen molar-refractivity contribution >= 4 is 5.97 Å². The third kappa shape index (κ3) is 3.38. The monoisotopic (exact) mass is 277 g/mol. The van der Waals surface area contributed by atoms with Gasteiger partial charge in [0.2, 0.25) is 0 Å². The lowest BCUT2D eigenvalue weighted by atomic mass is 9.97. The highest BCUT2D eigenvalue weighted by molar-refractivity contribution is 5.75. The highest BCUT2D eigenvalue weighted by atomic mass is 16.5. The van der Waals surface area contributed by atoms with Crippen LogP contribution in [0.2, 0.25) is 0 Å². The van der Waals surface area contributed by atoms with Crippen LogP contribution in [0, 0.1) is 13.8 Å². The van der Waals surface area contributed by atoms with E-state index in [1.165, 1.54) is 23.8 Å². The molecule has 0 saturated carbocycles. The van der Waals surface area contributed by atoms with E-state index in [2.05, 4.69) is 36.9 Å². The molecule has 0 aliphatic carbocycles. The first-order valence-corrected chi connectivity index (χ1v) is 7.07. The average molecular weight is 277 g/mol. The molecule has 0 unspecified atom stereocenters. The van der Waals surface area contributed by atoms with Gasteiger partial charge in [0.15, 0.2) is 0 Å². The second-order valence-electron chi connectivity index (χ2n) is 5.62. The number of rotatable bonds is 3. The molecule has 1 saturated heterocycles. The van der Waals surface area contributed by atoms with Crippen LogP contribution in [0.25, 0.3) is 0 Å². The Morgan fingerprint density at radius 3 is 2.90 bits per heavy atom. The Bertz CT molecular complexity index is 487. The molecule has 0 bridgehead atoms. The van der Waals surface area contributed by atoms with Crippen LogP contribution in [0.3, 0.4) is 0 Å². The van der Waals surface area contributed by atoms with Gasteiger partial charge in [0, 0.05) is 13.1 Å². The van der Waals surface area contributed by atoms with E-state index in [1.807, 2.05) is 0 Å². The van der Waals surface area contributed by atoms with Crippen molar-refractivity contribution in [2.75, 3.05) is 13.7 Å². The third-order valence-electron chi connectivity index (χ3n) is 4.04. The van der Waals surface area contributed by atoms with Crippen molar-refractivity contribution in [3.05, 3.63) is 34.9 Å². The Morgan fingerprint density at radius 1 is 1.45 bits per heavy atom. The zero-order chi connectivity index (χ0) is 14.7. The summed E-state index contributed by atoms with van der Waals surface area (Å²) in [6, 6.07) is 6.02. The Morgan fingerprint density at radius 2 is 2.20 bits per heavy atom. The van der Waals surface area contributed by atoms with E-state index < -0.39 is 6.10 Å². The fraction of sp³-hybridized carbons (Fsp3) is 0.562. The summed E-state index contributed by atoms with van der Waals surface area (Å²) >= 11 is 0. The van der Waals surface area contributed by atoms with Gasteiger partial charge in [-0.15, -0.1) is 0 Å². The third-order valence-corrected chi connectivity index (χ3v) is 4.04. The molecule has 20 heavy (non-hydrogen) atoms. The van der Waals surface area contributed by atoms with Crippen molar-refractivity contribution < 1.29 is 14.6 Å². The number of aliphatic hydroxyl groups is 1. The molecule has 4 heteroatoms. The number of benzene rings is 1. The van der Waals surface area contributed by atoms with Gasteiger partial charge >= 0.3 is 5.97 Å². The largest absolute Gasteiger partial charge is 0.468 e. The van der Waals surface area contributed by atoms with Crippen molar-refractivity contribution in [3.63, 3.8) is 0 Å². The fourth-order valence-electron chi connectivity index (χ4n) is 2.76. The number of ether oxygens (including phenoxy) is 1. The Kier molecular flexibility index (Phi) is 4.78. The molecule has 0 aromatic heterocycles. The van der Waals surface area contributed by atoms with Crippen LogP contribution in [0.15, 0.2) is 18.2 Å². The van der Waals surface area contributed by atoms with Gasteiger partial charge in [-0.05, 0) is 37.8 Å². The van der Waals surface area contributed by atoms with E-state index in [-0.39, 0.29) is 12.0 Å². The second-order valence-corrected chi connectivity index (χ2v) is 5.62. The number of esters is 1. The predicted molar refractivity (Wildman–Crippen MR) is 77.4 cm³/mol. The average Bonchev–Trinajstić information content (AvgIpc) is 2.43. The number of aryl methyl sites for hydroxylation is 2. The summed E-state index contributed by atoms with van der Waals surface area (Å²) in [5.74, 6) is -0.256. The molecule has 2 rings (SSSR count). The molecular formula is C16H23NO3. The molecule has 0 spiro atoms. The first kappa shape index (κ1) is 15.0. The molecule has 2 atom stereocenters. The van der Waals surface area contributed by atoms with Crippen molar-refractivity contribution in [3.8, 4) is 0 Å². The van der Waals surface area contributed by atoms with E-state index in [9.17, 15) is 9.90 Å². The SMILES string of the molecule is COC(=O)[C@@H]1C[C@H](O)CCN1Cc1cc(C)ccc1C. The number of aliphatic hydroxyl groups excluding tert-OH is 1. The quantitative estimate of drug-likeness (QED) is 0.856. The molecule has 1 aliphatic heterocycles. The van der Waals surface area contributed by atoms with E-state index in [0.717, 1.165) is 6.54 Å². The van der Waals surface area contributed by atoms with E-state index >= 15 is 0 Å². The van der Waals surface area contributed by atoms with Crippen LogP contribution in [-0.4, -0.2) is 41.8 Å². The first-order valence-electron chi connectivity index (χ1n) is 7.07. The molecule has 1 aliphatic rings. The minimum Gasteiger partial charge on any atom is -0.468 e. The molecule has 0 radical (unpaired) electrons. The van der Waals surface area contributed by atoms with Crippen molar-refractivity contribution in [1.29, 1.82) is 0 Å². The summed E-state index contributed by atoms with van der Waals surface area (Å²) in [6.45, 7) is 5.59. The van der Waals surface area contributed by atoms with Gasteiger partial charge in [0.05, 0.1) is 13.2 Å². The summed E-state index contributed by atoms with van der Waals surface area (Å²) in [5.41, 5.74) is 3.68. The van der Waals surface area contributed by atoms with Gasteiger partial charge in [-0.1, -0.05) is 23.8 Å². The molecule has 1 fully saturated rings. The summed E-state index contributed by atoms with van der Waals surface area (Å²) in [7, 11) is 1.40. The lowest BCUT2D eigenvalue weighted by Crippen LogP contribution is -2.48. The standard InChI is InChI=1S/C16H23NO3/c1-11-4-5-12(2)13(8-11)10-17-7-6-14(18)9-15(17)16(19)20-3/h4-5,8,14-15,18H,6-7,9-10H2,1-3H3/t14-,15+/m1/s1. The normalized spacial score (nSPS) is 23.6. The maximum Gasteiger partial charge on any atom is 0.323 e. The van der Waals surface area contributed by atoms with Gasteiger partial charge < -0.3 is 9.84 Å². The number of carbonyl (C=O) groups is 1. The maximum absolute atomic E-state index is 11.9. The molecule has 1 N–H and O–H groups in total. The smallest absolute Gasteiger partial charge is 0.323 e. The first-order chi connectivity index (χ1) is 9.51.